The molecule has 0 aromatic rings. The van der Waals surface area contributed by atoms with Gasteiger partial charge in [0, 0.05) is 12.8 Å². The van der Waals surface area contributed by atoms with Crippen molar-refractivity contribution in [2.45, 2.75) is 424 Å². The van der Waals surface area contributed by atoms with E-state index in [1.165, 1.54) is 340 Å². The van der Waals surface area contributed by atoms with Crippen LogP contribution in [0.3, 0.4) is 0 Å². The Morgan fingerprint density at radius 3 is 0.803 bits per heavy atom. The number of amides is 1. The summed E-state index contributed by atoms with van der Waals surface area (Å²) in [6.07, 6.45) is 80.3. The van der Waals surface area contributed by atoms with Crippen molar-refractivity contribution in [2.75, 3.05) is 13.2 Å². The molecule has 6 nitrogen and oxygen atoms in total. The van der Waals surface area contributed by atoms with Crippen LogP contribution in [-0.4, -0.2) is 47.4 Å². The van der Waals surface area contributed by atoms with Gasteiger partial charge < -0.3 is 20.3 Å². The molecule has 0 radical (unpaired) electrons. The number of aliphatic hydroxyl groups excluding tert-OH is 2. The van der Waals surface area contributed by atoms with Crippen LogP contribution in [0.5, 0.6) is 0 Å². The summed E-state index contributed by atoms with van der Waals surface area (Å²) in [7, 11) is 0. The van der Waals surface area contributed by atoms with Crippen LogP contribution in [0.25, 0.3) is 0 Å². The molecule has 1 amide bonds. The monoisotopic (exact) mass is 1070 g/mol. The standard InChI is InChI=1S/C70H139NO5/c1-3-5-7-9-11-13-15-16-36-40-44-48-52-56-60-64-70(75)76-65-61-57-53-49-45-41-38-35-33-31-29-27-25-23-21-19-17-18-20-22-24-26-28-30-32-34-37-39-43-47-51-55-59-63-69(74)71-67(66-72)68(73)62-58-54-50-46-42-14-12-10-8-6-4-2/h67-68,72-73H,3-66H2,1-2H3,(H,71,74). The Kier molecular flexibility index (Phi) is 65.4. The summed E-state index contributed by atoms with van der Waals surface area (Å²) >= 11 is 0. The number of esters is 1. The molecule has 2 atom stereocenters. The first-order valence-electron chi connectivity index (χ1n) is 35.3. The highest BCUT2D eigenvalue weighted by molar-refractivity contribution is 5.76. The highest BCUT2D eigenvalue weighted by Crippen LogP contribution is 2.20. The lowest BCUT2D eigenvalue weighted by Gasteiger charge is -2.22. The van der Waals surface area contributed by atoms with Gasteiger partial charge in [-0.15, -0.1) is 0 Å². The smallest absolute Gasteiger partial charge is 0.305 e. The minimum Gasteiger partial charge on any atom is -0.466 e. The zero-order valence-corrected chi connectivity index (χ0v) is 52.0. The number of nitrogens with one attached hydrogen (secondary N) is 1. The zero-order chi connectivity index (χ0) is 55.0. The van der Waals surface area contributed by atoms with Gasteiger partial charge in [0.1, 0.15) is 0 Å². The quantitative estimate of drug-likeness (QED) is 0.0417. The molecule has 2 unspecified atom stereocenters. The number of aliphatic hydroxyl groups is 2. The number of hydrogen-bond acceptors (Lipinski definition) is 5. The number of hydrogen-bond donors (Lipinski definition) is 3. The van der Waals surface area contributed by atoms with E-state index in [-0.39, 0.29) is 18.5 Å². The van der Waals surface area contributed by atoms with E-state index in [1.807, 2.05) is 0 Å². The van der Waals surface area contributed by atoms with Crippen molar-refractivity contribution in [3.63, 3.8) is 0 Å². The Bertz CT molecular complexity index is 1100. The summed E-state index contributed by atoms with van der Waals surface area (Å²) in [5.41, 5.74) is 0. The molecule has 6 heteroatoms. The highest BCUT2D eigenvalue weighted by Gasteiger charge is 2.20. The van der Waals surface area contributed by atoms with E-state index >= 15 is 0 Å². The molecule has 454 valence electrons. The topological polar surface area (TPSA) is 95.9 Å². The normalized spacial score (nSPS) is 12.4. The molecule has 0 heterocycles. The van der Waals surface area contributed by atoms with Crippen molar-refractivity contribution in [2.24, 2.45) is 0 Å². The molecule has 0 fully saturated rings. The lowest BCUT2D eigenvalue weighted by molar-refractivity contribution is -0.143. The zero-order valence-electron chi connectivity index (χ0n) is 52.0. The van der Waals surface area contributed by atoms with E-state index in [1.54, 1.807) is 0 Å². The number of rotatable bonds is 67. The second-order valence-corrected chi connectivity index (χ2v) is 24.6. The highest BCUT2D eigenvalue weighted by atomic mass is 16.5. The van der Waals surface area contributed by atoms with Gasteiger partial charge in [-0.25, -0.2) is 0 Å². The second-order valence-electron chi connectivity index (χ2n) is 24.6. The largest absolute Gasteiger partial charge is 0.466 e. The van der Waals surface area contributed by atoms with E-state index in [0.717, 1.165) is 38.5 Å². The van der Waals surface area contributed by atoms with Crippen LogP contribution >= 0.6 is 0 Å². The molecule has 76 heavy (non-hydrogen) atoms. The Morgan fingerprint density at radius 2 is 0.539 bits per heavy atom. The van der Waals surface area contributed by atoms with Gasteiger partial charge in [-0.2, -0.15) is 0 Å². The van der Waals surface area contributed by atoms with E-state index in [0.29, 0.717) is 25.9 Å². The Hall–Kier alpha value is -1.14. The molecule has 0 rings (SSSR count). The molecule has 3 N–H and O–H groups in total. The second kappa shape index (κ2) is 66.4. The lowest BCUT2D eigenvalue weighted by Crippen LogP contribution is -2.45. The van der Waals surface area contributed by atoms with Crippen molar-refractivity contribution < 1.29 is 24.5 Å². The molecule has 0 bridgehead atoms. The summed E-state index contributed by atoms with van der Waals surface area (Å²) in [6, 6.07) is -0.535. The summed E-state index contributed by atoms with van der Waals surface area (Å²) in [4.78, 5) is 24.5. The summed E-state index contributed by atoms with van der Waals surface area (Å²) in [5.74, 6) is -0.00286. The molecule has 0 aliphatic carbocycles. The van der Waals surface area contributed by atoms with E-state index in [9.17, 15) is 19.8 Å². The first-order chi connectivity index (χ1) is 37.5. The minimum absolute atomic E-state index is 0.0256. The SMILES string of the molecule is CCCCCCCCCCCCCCCCCC(=O)OCCCCCCCCCCCCCCCCCCCCCCCCCCCCCCCCCCCC(=O)NC(CO)C(O)CCCCCCCCCCCCC. The van der Waals surface area contributed by atoms with Gasteiger partial charge in [-0.1, -0.05) is 373 Å². The van der Waals surface area contributed by atoms with Crippen LogP contribution < -0.4 is 5.32 Å². The molecule has 0 saturated heterocycles. The fourth-order valence-corrected chi connectivity index (χ4v) is 11.5. The summed E-state index contributed by atoms with van der Waals surface area (Å²) < 4.78 is 5.50. The third kappa shape index (κ3) is 62.1. The maximum atomic E-state index is 12.5. The van der Waals surface area contributed by atoms with E-state index in [4.69, 9.17) is 4.74 Å². The van der Waals surface area contributed by atoms with Crippen LogP contribution in [0, 0.1) is 0 Å². The fraction of sp³-hybridized carbons (Fsp3) is 0.971. The van der Waals surface area contributed by atoms with Crippen LogP contribution in [0.4, 0.5) is 0 Å². The molecular weight excluding hydrogens is 935 g/mol. The maximum Gasteiger partial charge on any atom is 0.305 e. The first-order valence-corrected chi connectivity index (χ1v) is 35.3. The van der Waals surface area contributed by atoms with Gasteiger partial charge in [-0.3, -0.25) is 9.59 Å². The van der Waals surface area contributed by atoms with Gasteiger partial charge in [0.05, 0.1) is 25.4 Å². The predicted octanol–water partition coefficient (Wildman–Crippen LogP) is 22.6. The molecule has 0 spiro atoms. The molecule has 0 aromatic heterocycles. The van der Waals surface area contributed by atoms with Gasteiger partial charge >= 0.3 is 5.97 Å². The fourth-order valence-electron chi connectivity index (χ4n) is 11.5. The van der Waals surface area contributed by atoms with Gasteiger partial charge in [0.25, 0.3) is 0 Å². The molecular formula is C70H139NO5. The molecule has 0 saturated carbocycles. The Balaban J connectivity index is 3.27. The molecule has 0 aliphatic rings. The Morgan fingerprint density at radius 1 is 0.316 bits per heavy atom. The minimum atomic E-state index is -0.658. The maximum absolute atomic E-state index is 12.5. The molecule has 0 aliphatic heterocycles. The third-order valence-corrected chi connectivity index (χ3v) is 16.9. The van der Waals surface area contributed by atoms with Gasteiger partial charge in [-0.05, 0) is 25.7 Å². The van der Waals surface area contributed by atoms with E-state index < -0.39 is 12.1 Å². The lowest BCUT2D eigenvalue weighted by atomic mass is 10.0. The summed E-state index contributed by atoms with van der Waals surface area (Å²) in [6.45, 7) is 4.99. The van der Waals surface area contributed by atoms with Crippen LogP contribution in [0.15, 0.2) is 0 Å². The van der Waals surface area contributed by atoms with Crippen molar-refractivity contribution in [3.8, 4) is 0 Å². The van der Waals surface area contributed by atoms with Crippen LogP contribution in [-0.2, 0) is 14.3 Å². The predicted molar refractivity (Wildman–Crippen MR) is 334 cm³/mol. The number of unbranched alkanes of at least 4 members (excludes halogenated alkanes) is 56. The van der Waals surface area contributed by atoms with Crippen molar-refractivity contribution in [1.82, 2.24) is 5.32 Å². The molecule has 0 aromatic carbocycles. The van der Waals surface area contributed by atoms with Crippen molar-refractivity contribution >= 4 is 11.9 Å². The van der Waals surface area contributed by atoms with Gasteiger partial charge in [0.2, 0.25) is 5.91 Å². The third-order valence-electron chi connectivity index (χ3n) is 16.9. The number of carbonyl (C=O) groups excluding carboxylic acids is 2. The number of carbonyl (C=O) groups is 2. The van der Waals surface area contributed by atoms with Crippen LogP contribution in [0.1, 0.15) is 412 Å². The average Bonchev–Trinajstić information content (AvgIpc) is 3.42. The Labute approximate surface area is 476 Å². The number of ether oxygens (including phenoxy) is 1. The van der Waals surface area contributed by atoms with Crippen LogP contribution in [0.2, 0.25) is 0 Å². The summed E-state index contributed by atoms with van der Waals surface area (Å²) in [5, 5.41) is 23.2. The van der Waals surface area contributed by atoms with E-state index in [2.05, 4.69) is 19.2 Å². The van der Waals surface area contributed by atoms with Gasteiger partial charge in [0.15, 0.2) is 0 Å². The van der Waals surface area contributed by atoms with Crippen molar-refractivity contribution in [1.29, 1.82) is 0 Å². The van der Waals surface area contributed by atoms with Crippen molar-refractivity contribution in [3.05, 3.63) is 0 Å². The average molecular weight is 1070 g/mol. The first kappa shape index (κ1) is 74.9.